The Kier molecular flexibility index (Phi) is 5.70. The van der Waals surface area contributed by atoms with Gasteiger partial charge in [-0.15, -0.1) is 11.3 Å². The van der Waals surface area contributed by atoms with Gasteiger partial charge in [-0.25, -0.2) is 9.37 Å². The standard InChI is InChI=1S/C16H22FN3S/c1-4-20(5-2)16-19-11-15(21-16)10-18-12(3)13-6-8-14(17)9-7-13/h6-9,11-12,18H,4-5,10H2,1-3H3. The first kappa shape index (κ1) is 15.9. The molecule has 1 atom stereocenters. The van der Waals surface area contributed by atoms with Crippen LogP contribution in [0.1, 0.15) is 37.3 Å². The van der Waals surface area contributed by atoms with E-state index in [1.807, 2.05) is 18.3 Å². The fourth-order valence-electron chi connectivity index (χ4n) is 2.14. The van der Waals surface area contributed by atoms with Gasteiger partial charge < -0.3 is 10.2 Å². The zero-order valence-corrected chi connectivity index (χ0v) is 13.6. The monoisotopic (exact) mass is 307 g/mol. The predicted molar refractivity (Wildman–Crippen MR) is 87.3 cm³/mol. The molecule has 2 rings (SSSR count). The third-order valence-corrected chi connectivity index (χ3v) is 4.59. The minimum Gasteiger partial charge on any atom is -0.349 e. The summed E-state index contributed by atoms with van der Waals surface area (Å²) in [4.78, 5) is 7.94. The van der Waals surface area contributed by atoms with E-state index in [2.05, 4.69) is 36.0 Å². The summed E-state index contributed by atoms with van der Waals surface area (Å²) in [6, 6.07) is 6.82. The van der Waals surface area contributed by atoms with Gasteiger partial charge in [-0.3, -0.25) is 0 Å². The van der Waals surface area contributed by atoms with Crippen molar-refractivity contribution in [1.82, 2.24) is 10.3 Å². The van der Waals surface area contributed by atoms with Gasteiger partial charge in [0, 0.05) is 36.8 Å². The van der Waals surface area contributed by atoms with Crippen LogP contribution >= 0.6 is 11.3 Å². The van der Waals surface area contributed by atoms with Gasteiger partial charge in [0.2, 0.25) is 0 Å². The molecule has 0 aliphatic rings. The van der Waals surface area contributed by atoms with Crippen LogP contribution in [0.25, 0.3) is 0 Å². The molecule has 2 aromatic rings. The summed E-state index contributed by atoms with van der Waals surface area (Å²) < 4.78 is 12.9. The topological polar surface area (TPSA) is 28.2 Å². The van der Waals surface area contributed by atoms with E-state index in [-0.39, 0.29) is 11.9 Å². The molecule has 0 amide bonds. The SMILES string of the molecule is CCN(CC)c1ncc(CNC(C)c2ccc(F)cc2)s1. The molecule has 1 aromatic heterocycles. The third-order valence-electron chi connectivity index (χ3n) is 3.53. The zero-order valence-electron chi connectivity index (χ0n) is 12.8. The Hall–Kier alpha value is -1.46. The van der Waals surface area contributed by atoms with Crippen LogP contribution in [0.15, 0.2) is 30.5 Å². The van der Waals surface area contributed by atoms with Crippen LogP contribution < -0.4 is 10.2 Å². The molecular formula is C16H22FN3S. The number of hydrogen-bond donors (Lipinski definition) is 1. The molecule has 1 aromatic carbocycles. The Labute approximate surface area is 129 Å². The first-order valence-electron chi connectivity index (χ1n) is 7.32. The van der Waals surface area contributed by atoms with Crippen molar-refractivity contribution in [2.45, 2.75) is 33.4 Å². The summed E-state index contributed by atoms with van der Waals surface area (Å²) in [7, 11) is 0. The number of benzene rings is 1. The van der Waals surface area contributed by atoms with E-state index in [1.165, 1.54) is 17.0 Å². The number of nitrogens with zero attached hydrogens (tertiary/aromatic N) is 2. The van der Waals surface area contributed by atoms with E-state index >= 15 is 0 Å². The van der Waals surface area contributed by atoms with Gasteiger partial charge in [0.25, 0.3) is 0 Å². The second-order valence-electron chi connectivity index (χ2n) is 4.94. The van der Waals surface area contributed by atoms with Gasteiger partial charge >= 0.3 is 0 Å². The normalized spacial score (nSPS) is 12.4. The fourth-order valence-corrected chi connectivity index (χ4v) is 3.13. The molecule has 0 fully saturated rings. The lowest BCUT2D eigenvalue weighted by Gasteiger charge is -2.16. The summed E-state index contributed by atoms with van der Waals surface area (Å²) in [6.07, 6.45) is 1.93. The molecule has 1 unspecified atom stereocenters. The lowest BCUT2D eigenvalue weighted by molar-refractivity contribution is 0.574. The van der Waals surface area contributed by atoms with Crippen LogP contribution in [-0.2, 0) is 6.54 Å². The second kappa shape index (κ2) is 7.52. The highest BCUT2D eigenvalue weighted by molar-refractivity contribution is 7.15. The lowest BCUT2D eigenvalue weighted by Crippen LogP contribution is -2.21. The number of rotatable bonds is 7. The van der Waals surface area contributed by atoms with E-state index in [9.17, 15) is 4.39 Å². The Morgan fingerprint density at radius 1 is 1.24 bits per heavy atom. The van der Waals surface area contributed by atoms with Crippen molar-refractivity contribution >= 4 is 16.5 Å². The Morgan fingerprint density at radius 2 is 1.90 bits per heavy atom. The first-order chi connectivity index (χ1) is 10.1. The van der Waals surface area contributed by atoms with Gasteiger partial charge in [0.1, 0.15) is 5.82 Å². The van der Waals surface area contributed by atoms with Crippen molar-refractivity contribution in [3.63, 3.8) is 0 Å². The second-order valence-corrected chi connectivity index (χ2v) is 6.03. The van der Waals surface area contributed by atoms with E-state index in [0.717, 1.165) is 30.3 Å². The summed E-state index contributed by atoms with van der Waals surface area (Å²) in [5.74, 6) is -0.197. The minimum absolute atomic E-state index is 0.185. The van der Waals surface area contributed by atoms with Gasteiger partial charge in [0.05, 0.1) is 0 Å². The lowest BCUT2D eigenvalue weighted by atomic mass is 10.1. The Morgan fingerprint density at radius 3 is 2.52 bits per heavy atom. The summed E-state index contributed by atoms with van der Waals surface area (Å²) in [6.45, 7) is 9.08. The maximum absolute atomic E-state index is 12.9. The molecule has 0 saturated heterocycles. The zero-order chi connectivity index (χ0) is 15.2. The fraction of sp³-hybridized carbons (Fsp3) is 0.438. The molecule has 3 nitrogen and oxygen atoms in total. The molecule has 0 saturated carbocycles. The maximum Gasteiger partial charge on any atom is 0.185 e. The van der Waals surface area contributed by atoms with Crippen LogP contribution in [0.4, 0.5) is 9.52 Å². The summed E-state index contributed by atoms with van der Waals surface area (Å²) in [5, 5.41) is 4.53. The number of anilines is 1. The van der Waals surface area contributed by atoms with E-state index in [1.54, 1.807) is 11.3 Å². The molecule has 1 N–H and O–H groups in total. The van der Waals surface area contributed by atoms with Crippen LogP contribution in [-0.4, -0.2) is 18.1 Å². The van der Waals surface area contributed by atoms with Crippen molar-refractivity contribution in [2.75, 3.05) is 18.0 Å². The van der Waals surface area contributed by atoms with Crippen molar-refractivity contribution in [1.29, 1.82) is 0 Å². The molecule has 0 aliphatic heterocycles. The van der Waals surface area contributed by atoms with Gasteiger partial charge in [0.15, 0.2) is 5.13 Å². The largest absolute Gasteiger partial charge is 0.349 e. The number of hydrogen-bond acceptors (Lipinski definition) is 4. The Bertz CT molecular complexity index is 549. The van der Waals surface area contributed by atoms with Crippen LogP contribution in [0, 0.1) is 5.82 Å². The number of aromatic nitrogens is 1. The first-order valence-corrected chi connectivity index (χ1v) is 8.14. The molecule has 21 heavy (non-hydrogen) atoms. The quantitative estimate of drug-likeness (QED) is 0.838. The highest BCUT2D eigenvalue weighted by atomic mass is 32.1. The van der Waals surface area contributed by atoms with Crippen LogP contribution in [0.2, 0.25) is 0 Å². The average Bonchev–Trinajstić information content (AvgIpc) is 2.96. The molecule has 0 bridgehead atoms. The van der Waals surface area contributed by atoms with Crippen molar-refractivity contribution in [3.8, 4) is 0 Å². The smallest absolute Gasteiger partial charge is 0.185 e. The van der Waals surface area contributed by atoms with E-state index < -0.39 is 0 Å². The highest BCUT2D eigenvalue weighted by Gasteiger charge is 2.09. The summed E-state index contributed by atoms with van der Waals surface area (Å²) in [5.41, 5.74) is 1.09. The predicted octanol–water partition coefficient (Wildman–Crippen LogP) is 3.98. The van der Waals surface area contributed by atoms with Crippen LogP contribution in [0.5, 0.6) is 0 Å². The highest BCUT2D eigenvalue weighted by Crippen LogP contribution is 2.23. The van der Waals surface area contributed by atoms with Crippen molar-refractivity contribution in [2.24, 2.45) is 0 Å². The average molecular weight is 307 g/mol. The van der Waals surface area contributed by atoms with Crippen molar-refractivity contribution in [3.05, 3.63) is 46.7 Å². The third kappa shape index (κ3) is 4.25. The minimum atomic E-state index is -0.197. The molecule has 0 spiro atoms. The number of halogens is 1. The molecule has 5 heteroatoms. The number of thiazole rings is 1. The van der Waals surface area contributed by atoms with Gasteiger partial charge in [-0.2, -0.15) is 0 Å². The van der Waals surface area contributed by atoms with Gasteiger partial charge in [-0.05, 0) is 38.5 Å². The maximum atomic E-state index is 12.9. The summed E-state index contributed by atoms with van der Waals surface area (Å²) >= 11 is 1.72. The molecule has 114 valence electrons. The van der Waals surface area contributed by atoms with Gasteiger partial charge in [-0.1, -0.05) is 12.1 Å². The van der Waals surface area contributed by atoms with E-state index in [0.29, 0.717) is 0 Å². The van der Waals surface area contributed by atoms with Crippen molar-refractivity contribution < 1.29 is 4.39 Å². The van der Waals surface area contributed by atoms with E-state index in [4.69, 9.17) is 0 Å². The molecule has 0 radical (unpaired) electrons. The molecular weight excluding hydrogens is 285 g/mol. The Balaban J connectivity index is 1.92. The number of nitrogens with one attached hydrogen (secondary N) is 1. The van der Waals surface area contributed by atoms with Crippen LogP contribution in [0.3, 0.4) is 0 Å². The molecule has 0 aliphatic carbocycles. The molecule has 1 heterocycles.